The summed E-state index contributed by atoms with van der Waals surface area (Å²) < 4.78 is 1.85. The molecular weight excluding hydrogens is 312 g/mol. The fourth-order valence-corrected chi connectivity index (χ4v) is 3.76. The first-order chi connectivity index (χ1) is 12.1. The smallest absolute Gasteiger partial charge is 0.130 e. The summed E-state index contributed by atoms with van der Waals surface area (Å²) in [7, 11) is 0. The van der Waals surface area contributed by atoms with Gasteiger partial charge in [-0.2, -0.15) is 5.10 Å². The van der Waals surface area contributed by atoms with Crippen LogP contribution in [0.3, 0.4) is 0 Å². The molecular formula is C20H24N4O. The predicted octanol–water partition coefficient (Wildman–Crippen LogP) is 2.62. The van der Waals surface area contributed by atoms with Gasteiger partial charge < -0.3 is 16.2 Å². The van der Waals surface area contributed by atoms with E-state index >= 15 is 0 Å². The maximum Gasteiger partial charge on any atom is 0.130 e. The van der Waals surface area contributed by atoms with Gasteiger partial charge in [0.1, 0.15) is 6.23 Å². The molecule has 1 unspecified atom stereocenters. The second-order valence-electron chi connectivity index (χ2n) is 7.19. The molecule has 0 aliphatic carbocycles. The highest BCUT2D eigenvalue weighted by molar-refractivity contribution is 5.82. The van der Waals surface area contributed by atoms with Crippen LogP contribution < -0.4 is 11.1 Å². The molecule has 25 heavy (non-hydrogen) atoms. The van der Waals surface area contributed by atoms with Crippen LogP contribution in [0.1, 0.15) is 37.1 Å². The molecule has 5 nitrogen and oxygen atoms in total. The van der Waals surface area contributed by atoms with Gasteiger partial charge in [0.05, 0.1) is 11.2 Å². The van der Waals surface area contributed by atoms with Crippen LogP contribution in [0.5, 0.6) is 0 Å². The van der Waals surface area contributed by atoms with E-state index in [1.54, 1.807) is 0 Å². The minimum absolute atomic E-state index is 0.197. The second-order valence-corrected chi connectivity index (χ2v) is 7.19. The summed E-state index contributed by atoms with van der Waals surface area (Å²) in [5.41, 5.74) is 9.59. The fraction of sp³-hybridized carbons (Fsp3) is 0.350. The molecule has 0 spiro atoms. The zero-order valence-electron chi connectivity index (χ0n) is 14.4. The molecule has 1 aliphatic rings. The lowest BCUT2D eigenvalue weighted by Gasteiger charge is -2.34. The third-order valence-electron chi connectivity index (χ3n) is 5.31. The van der Waals surface area contributed by atoms with E-state index in [0.717, 1.165) is 29.7 Å². The average molecular weight is 336 g/mol. The highest BCUT2D eigenvalue weighted by atomic mass is 16.3. The molecule has 1 fully saturated rings. The van der Waals surface area contributed by atoms with Gasteiger partial charge in [-0.1, -0.05) is 37.3 Å². The number of aliphatic hydroxyl groups excluding tert-OH is 1. The number of fused-ring (bicyclic) bond motifs is 1. The molecule has 5 heteroatoms. The predicted molar refractivity (Wildman–Crippen MR) is 99.7 cm³/mol. The highest BCUT2D eigenvalue weighted by Gasteiger charge is 2.28. The molecule has 2 heterocycles. The fourth-order valence-electron chi connectivity index (χ4n) is 3.76. The van der Waals surface area contributed by atoms with Crippen LogP contribution in [-0.2, 0) is 5.41 Å². The summed E-state index contributed by atoms with van der Waals surface area (Å²) in [6.45, 7) is 4.46. The molecule has 4 N–H and O–H groups in total. The van der Waals surface area contributed by atoms with Crippen LogP contribution in [0.15, 0.2) is 48.7 Å². The van der Waals surface area contributed by atoms with E-state index in [2.05, 4.69) is 41.6 Å². The second kappa shape index (κ2) is 6.26. The summed E-state index contributed by atoms with van der Waals surface area (Å²) in [5, 5.41) is 18.8. The molecule has 1 saturated heterocycles. The summed E-state index contributed by atoms with van der Waals surface area (Å²) >= 11 is 0. The number of aliphatic hydroxyl groups is 1. The van der Waals surface area contributed by atoms with Gasteiger partial charge in [0.25, 0.3) is 0 Å². The Morgan fingerprint density at radius 3 is 2.72 bits per heavy atom. The molecule has 0 saturated carbocycles. The lowest BCUT2D eigenvalue weighted by Crippen LogP contribution is -2.41. The van der Waals surface area contributed by atoms with E-state index in [-0.39, 0.29) is 5.41 Å². The Morgan fingerprint density at radius 1 is 1.24 bits per heavy atom. The highest BCUT2D eigenvalue weighted by Crippen LogP contribution is 2.31. The normalized spacial score (nSPS) is 22.2. The molecule has 2 aromatic carbocycles. The minimum Gasteiger partial charge on any atom is -0.374 e. The van der Waals surface area contributed by atoms with E-state index in [0.29, 0.717) is 5.56 Å². The molecule has 1 aliphatic heterocycles. The molecule has 130 valence electrons. The van der Waals surface area contributed by atoms with Crippen molar-refractivity contribution in [2.45, 2.75) is 31.4 Å². The number of hydrogen-bond donors (Lipinski definition) is 3. The van der Waals surface area contributed by atoms with E-state index in [4.69, 9.17) is 5.73 Å². The molecule has 4 rings (SSSR count). The summed E-state index contributed by atoms with van der Waals surface area (Å²) in [6, 6.07) is 14.3. The van der Waals surface area contributed by atoms with E-state index in [9.17, 15) is 5.11 Å². The van der Waals surface area contributed by atoms with Gasteiger partial charge >= 0.3 is 0 Å². The van der Waals surface area contributed by atoms with Gasteiger partial charge in [-0.05, 0) is 37.1 Å². The molecule has 0 radical (unpaired) electrons. The Hall–Kier alpha value is -2.21. The Labute approximate surface area is 147 Å². The van der Waals surface area contributed by atoms with Gasteiger partial charge in [-0.25, -0.2) is 4.68 Å². The Balaban J connectivity index is 1.68. The summed E-state index contributed by atoms with van der Waals surface area (Å²) in [4.78, 5) is 0. The molecule has 3 aromatic rings. The van der Waals surface area contributed by atoms with Crippen LogP contribution in [0.4, 0.5) is 0 Å². The number of rotatable bonds is 3. The largest absolute Gasteiger partial charge is 0.374 e. The quantitative estimate of drug-likeness (QED) is 0.643. The van der Waals surface area contributed by atoms with Gasteiger partial charge in [0, 0.05) is 29.1 Å². The maximum atomic E-state index is 9.73. The van der Waals surface area contributed by atoms with Crippen molar-refractivity contribution in [1.29, 1.82) is 0 Å². The van der Waals surface area contributed by atoms with Gasteiger partial charge in [-0.15, -0.1) is 0 Å². The summed E-state index contributed by atoms with van der Waals surface area (Å²) in [5.74, 6) is 0. The van der Waals surface area contributed by atoms with Crippen LogP contribution >= 0.6 is 0 Å². The van der Waals surface area contributed by atoms with Crippen molar-refractivity contribution in [3.63, 3.8) is 0 Å². The lowest BCUT2D eigenvalue weighted by atomic mass is 9.76. The monoisotopic (exact) mass is 336 g/mol. The summed E-state index contributed by atoms with van der Waals surface area (Å²) in [6.07, 6.45) is 3.38. The zero-order chi connectivity index (χ0) is 17.4. The number of benzene rings is 2. The molecule has 2 atom stereocenters. The van der Waals surface area contributed by atoms with Crippen molar-refractivity contribution < 1.29 is 5.11 Å². The topological polar surface area (TPSA) is 76.1 Å². The van der Waals surface area contributed by atoms with Gasteiger partial charge in [0.15, 0.2) is 0 Å². The zero-order valence-corrected chi connectivity index (χ0v) is 14.4. The number of nitrogens with one attached hydrogen (secondary N) is 1. The number of piperidine rings is 1. The van der Waals surface area contributed by atoms with Crippen LogP contribution in [0.2, 0.25) is 0 Å². The number of hydrogen-bond acceptors (Lipinski definition) is 4. The maximum absolute atomic E-state index is 9.73. The first-order valence-electron chi connectivity index (χ1n) is 8.80. The average Bonchev–Trinajstić information content (AvgIpc) is 3.06. The number of aromatic nitrogens is 2. The SMILES string of the molecule is C[C@@]1(c2ccc(-n3cc4cccc(C(N)O)c4n3)cc2)CCCNC1. The standard InChI is InChI=1S/C20H24N4O/c1-20(10-3-11-22-13-20)15-6-8-16(9-7-15)24-12-14-4-2-5-17(19(21)25)18(14)23-24/h2,4-9,12,19,22,25H,3,10-11,13,21H2,1H3/t19?,20-/m1/s1. The molecule has 1 aromatic heterocycles. The molecule has 0 amide bonds. The van der Waals surface area contributed by atoms with Crippen molar-refractivity contribution in [1.82, 2.24) is 15.1 Å². The minimum atomic E-state index is -1.02. The van der Waals surface area contributed by atoms with Gasteiger partial charge in [-0.3, -0.25) is 0 Å². The third kappa shape index (κ3) is 2.95. The third-order valence-corrected chi connectivity index (χ3v) is 5.31. The Kier molecular flexibility index (Phi) is 4.07. The van der Waals surface area contributed by atoms with Crippen LogP contribution in [-0.4, -0.2) is 28.0 Å². The Bertz CT molecular complexity index is 876. The lowest BCUT2D eigenvalue weighted by molar-refractivity contribution is 0.187. The van der Waals surface area contributed by atoms with Crippen molar-refractivity contribution >= 4 is 10.9 Å². The van der Waals surface area contributed by atoms with E-state index < -0.39 is 6.23 Å². The number of nitrogens with two attached hydrogens (primary N) is 1. The van der Waals surface area contributed by atoms with Crippen molar-refractivity contribution in [2.75, 3.05) is 13.1 Å². The van der Waals surface area contributed by atoms with E-state index in [1.165, 1.54) is 18.4 Å². The van der Waals surface area contributed by atoms with E-state index in [1.807, 2.05) is 29.1 Å². The van der Waals surface area contributed by atoms with Crippen molar-refractivity contribution in [3.05, 3.63) is 59.8 Å². The van der Waals surface area contributed by atoms with Gasteiger partial charge in [0.2, 0.25) is 0 Å². The Morgan fingerprint density at radius 2 is 2.04 bits per heavy atom. The van der Waals surface area contributed by atoms with Crippen molar-refractivity contribution in [3.8, 4) is 5.69 Å². The molecule has 0 bridgehead atoms. The van der Waals surface area contributed by atoms with Crippen LogP contribution in [0, 0.1) is 0 Å². The van der Waals surface area contributed by atoms with Crippen molar-refractivity contribution in [2.24, 2.45) is 5.73 Å². The number of nitrogens with zero attached hydrogens (tertiary/aromatic N) is 2. The van der Waals surface area contributed by atoms with Crippen LogP contribution in [0.25, 0.3) is 16.6 Å². The first kappa shape index (κ1) is 16.3. The first-order valence-corrected chi connectivity index (χ1v) is 8.80.